The fourth-order valence-corrected chi connectivity index (χ4v) is 3.26. The lowest BCUT2D eigenvalue weighted by molar-refractivity contribution is -0.148. The Bertz CT molecular complexity index is 589. The zero-order valence-corrected chi connectivity index (χ0v) is 18.2. The second-order valence-corrected chi connectivity index (χ2v) is 8.67. The van der Waals surface area contributed by atoms with Gasteiger partial charge in [0.05, 0.1) is 32.4 Å². The SMILES string of the molecule is CCC1OCC(=O)C1NC(=O)[C@H](CC(C)(C)C(C)C)NC(=O)ON1CCOCC1. The van der Waals surface area contributed by atoms with Gasteiger partial charge in [-0.05, 0) is 24.2 Å². The minimum absolute atomic E-state index is 0.00188. The molecule has 0 aromatic heterocycles. The van der Waals surface area contributed by atoms with E-state index in [-0.39, 0.29) is 29.8 Å². The fraction of sp³-hybridized carbons (Fsp3) is 0.850. The number of ether oxygens (including phenoxy) is 2. The minimum atomic E-state index is -0.827. The number of rotatable bonds is 8. The van der Waals surface area contributed by atoms with Crippen molar-refractivity contribution in [2.45, 2.75) is 65.6 Å². The van der Waals surface area contributed by atoms with E-state index in [1.165, 1.54) is 5.06 Å². The molecule has 0 aromatic carbocycles. The molecule has 2 heterocycles. The van der Waals surface area contributed by atoms with Crippen LogP contribution in [0.2, 0.25) is 0 Å². The molecule has 0 bridgehead atoms. The van der Waals surface area contributed by atoms with Crippen molar-refractivity contribution in [2.24, 2.45) is 11.3 Å². The Hall–Kier alpha value is -1.71. The molecule has 2 fully saturated rings. The summed E-state index contributed by atoms with van der Waals surface area (Å²) in [7, 11) is 0. The largest absolute Gasteiger partial charge is 0.426 e. The third-order valence-electron chi connectivity index (χ3n) is 5.94. The Morgan fingerprint density at radius 1 is 1.28 bits per heavy atom. The summed E-state index contributed by atoms with van der Waals surface area (Å²) in [6.45, 7) is 12.1. The summed E-state index contributed by atoms with van der Waals surface area (Å²) in [4.78, 5) is 42.8. The maximum atomic E-state index is 13.0. The topological polar surface area (TPSA) is 106 Å². The third-order valence-corrected chi connectivity index (χ3v) is 5.94. The van der Waals surface area contributed by atoms with Crippen LogP contribution in [-0.2, 0) is 23.9 Å². The van der Waals surface area contributed by atoms with Crippen molar-refractivity contribution >= 4 is 17.8 Å². The van der Waals surface area contributed by atoms with Gasteiger partial charge in [0, 0.05) is 0 Å². The molecule has 0 saturated carbocycles. The van der Waals surface area contributed by atoms with E-state index in [0.717, 1.165) is 0 Å². The molecule has 2 aliphatic heterocycles. The summed E-state index contributed by atoms with van der Waals surface area (Å²) < 4.78 is 10.7. The molecule has 9 nitrogen and oxygen atoms in total. The molecule has 2 aliphatic rings. The number of amides is 2. The Labute approximate surface area is 172 Å². The molecule has 9 heteroatoms. The normalized spacial score (nSPS) is 24.4. The first kappa shape index (κ1) is 23.6. The van der Waals surface area contributed by atoms with Crippen LogP contribution in [0, 0.1) is 11.3 Å². The number of hydroxylamine groups is 2. The molecule has 2 unspecified atom stereocenters. The van der Waals surface area contributed by atoms with Gasteiger partial charge in [-0.15, -0.1) is 5.06 Å². The van der Waals surface area contributed by atoms with E-state index in [2.05, 4.69) is 24.5 Å². The number of carbonyl (C=O) groups is 3. The first-order valence-corrected chi connectivity index (χ1v) is 10.4. The number of carbonyl (C=O) groups excluding carboxylic acids is 3. The summed E-state index contributed by atoms with van der Waals surface area (Å²) in [5.74, 6) is -0.266. The number of nitrogens with one attached hydrogen (secondary N) is 2. The number of hydrogen-bond donors (Lipinski definition) is 2. The maximum Gasteiger partial charge on any atom is 0.426 e. The van der Waals surface area contributed by atoms with Crippen LogP contribution in [0.1, 0.15) is 47.5 Å². The Kier molecular flexibility index (Phi) is 8.42. The van der Waals surface area contributed by atoms with Gasteiger partial charge < -0.3 is 24.9 Å². The number of ketones is 1. The van der Waals surface area contributed by atoms with E-state index in [9.17, 15) is 14.4 Å². The Balaban J connectivity index is 2.05. The van der Waals surface area contributed by atoms with Gasteiger partial charge in [-0.3, -0.25) is 9.59 Å². The minimum Gasteiger partial charge on any atom is -0.379 e. The smallest absolute Gasteiger partial charge is 0.379 e. The second-order valence-electron chi connectivity index (χ2n) is 8.67. The van der Waals surface area contributed by atoms with Gasteiger partial charge in [0.2, 0.25) is 5.91 Å². The van der Waals surface area contributed by atoms with Crippen molar-refractivity contribution in [1.82, 2.24) is 15.7 Å². The fourth-order valence-electron chi connectivity index (χ4n) is 3.26. The van der Waals surface area contributed by atoms with E-state index in [4.69, 9.17) is 14.3 Å². The van der Waals surface area contributed by atoms with Gasteiger partial charge in [0.1, 0.15) is 18.7 Å². The first-order chi connectivity index (χ1) is 13.6. The zero-order chi connectivity index (χ0) is 21.6. The second kappa shape index (κ2) is 10.4. The van der Waals surface area contributed by atoms with Gasteiger partial charge in [-0.1, -0.05) is 34.6 Å². The first-order valence-electron chi connectivity index (χ1n) is 10.4. The van der Waals surface area contributed by atoms with Gasteiger partial charge in [0.15, 0.2) is 5.78 Å². The van der Waals surface area contributed by atoms with Crippen molar-refractivity contribution in [2.75, 3.05) is 32.9 Å². The maximum absolute atomic E-state index is 13.0. The predicted molar refractivity (Wildman–Crippen MR) is 106 cm³/mol. The van der Waals surface area contributed by atoms with Crippen LogP contribution in [0.15, 0.2) is 0 Å². The molecular formula is C20H35N3O6. The summed E-state index contributed by atoms with van der Waals surface area (Å²) >= 11 is 0. The highest BCUT2D eigenvalue weighted by molar-refractivity contribution is 5.94. The van der Waals surface area contributed by atoms with Crippen LogP contribution in [-0.4, -0.2) is 73.9 Å². The number of nitrogens with zero attached hydrogens (tertiary/aromatic N) is 1. The molecule has 2 rings (SSSR count). The van der Waals surface area contributed by atoms with Gasteiger partial charge in [-0.25, -0.2) is 4.79 Å². The van der Waals surface area contributed by atoms with E-state index < -0.39 is 24.1 Å². The summed E-state index contributed by atoms with van der Waals surface area (Å²) in [6.07, 6.45) is -0.00308. The van der Waals surface area contributed by atoms with Crippen LogP contribution in [0.4, 0.5) is 4.79 Å². The summed E-state index contributed by atoms with van der Waals surface area (Å²) in [6, 6.07) is -1.51. The third kappa shape index (κ3) is 6.65. The van der Waals surface area contributed by atoms with Crippen LogP contribution < -0.4 is 10.6 Å². The average Bonchev–Trinajstić information content (AvgIpc) is 3.01. The van der Waals surface area contributed by atoms with Crippen molar-refractivity contribution in [3.8, 4) is 0 Å². The lowest BCUT2D eigenvalue weighted by atomic mass is 9.76. The number of Topliss-reactive ketones (excluding diaryl/α,β-unsaturated/α-hetero) is 1. The molecule has 0 aromatic rings. The van der Waals surface area contributed by atoms with E-state index in [1.807, 2.05) is 20.8 Å². The van der Waals surface area contributed by atoms with Crippen LogP contribution in [0.5, 0.6) is 0 Å². The Morgan fingerprint density at radius 3 is 2.52 bits per heavy atom. The van der Waals surface area contributed by atoms with E-state index >= 15 is 0 Å². The van der Waals surface area contributed by atoms with Crippen LogP contribution in [0.3, 0.4) is 0 Å². The molecule has 166 valence electrons. The van der Waals surface area contributed by atoms with Crippen molar-refractivity contribution in [1.29, 1.82) is 0 Å². The monoisotopic (exact) mass is 413 g/mol. The molecule has 2 amide bonds. The van der Waals surface area contributed by atoms with Gasteiger partial charge in [-0.2, -0.15) is 0 Å². The quantitative estimate of drug-likeness (QED) is 0.617. The molecule has 0 spiro atoms. The summed E-state index contributed by atoms with van der Waals surface area (Å²) in [5.41, 5.74) is -0.214. The lowest BCUT2D eigenvalue weighted by Crippen LogP contribution is -2.55. The van der Waals surface area contributed by atoms with Crippen LogP contribution >= 0.6 is 0 Å². The Morgan fingerprint density at radius 2 is 1.93 bits per heavy atom. The molecule has 0 radical (unpaired) electrons. The number of morpholine rings is 1. The molecular weight excluding hydrogens is 378 g/mol. The van der Waals surface area contributed by atoms with E-state index in [0.29, 0.717) is 39.1 Å². The average molecular weight is 414 g/mol. The number of hydrogen-bond acceptors (Lipinski definition) is 7. The van der Waals surface area contributed by atoms with Crippen LogP contribution in [0.25, 0.3) is 0 Å². The molecule has 3 atom stereocenters. The molecule has 2 N–H and O–H groups in total. The lowest BCUT2D eigenvalue weighted by Gasteiger charge is -2.34. The van der Waals surface area contributed by atoms with Gasteiger partial charge in [0.25, 0.3) is 0 Å². The zero-order valence-electron chi connectivity index (χ0n) is 18.2. The van der Waals surface area contributed by atoms with Crippen molar-refractivity contribution < 1.29 is 28.7 Å². The predicted octanol–water partition coefficient (Wildman–Crippen LogP) is 1.26. The highest BCUT2D eigenvalue weighted by atomic mass is 16.7. The van der Waals surface area contributed by atoms with Crippen molar-refractivity contribution in [3.63, 3.8) is 0 Å². The highest BCUT2D eigenvalue weighted by Crippen LogP contribution is 2.31. The molecule has 0 aliphatic carbocycles. The van der Waals surface area contributed by atoms with Crippen molar-refractivity contribution in [3.05, 3.63) is 0 Å². The summed E-state index contributed by atoms with van der Waals surface area (Å²) in [5, 5.41) is 6.99. The molecule has 2 saturated heterocycles. The van der Waals surface area contributed by atoms with Gasteiger partial charge >= 0.3 is 6.09 Å². The highest BCUT2D eigenvalue weighted by Gasteiger charge is 2.39. The molecule has 29 heavy (non-hydrogen) atoms. The standard InChI is InChI=1S/C20H35N3O6/c1-6-16-17(15(24)12-28-16)22-18(25)14(11-20(4,5)13(2)3)21-19(26)29-23-7-9-27-10-8-23/h13-14,16-17H,6-12H2,1-5H3,(H,21,26)(H,22,25)/t14-,16?,17?/m0/s1. The van der Waals surface area contributed by atoms with E-state index in [1.54, 1.807) is 0 Å².